The van der Waals surface area contributed by atoms with Crippen molar-refractivity contribution >= 4 is 39.3 Å². The van der Waals surface area contributed by atoms with Crippen LogP contribution in [0.15, 0.2) is 46.3 Å². The van der Waals surface area contributed by atoms with E-state index in [1.54, 1.807) is 23.7 Å². The number of hydrogen-bond acceptors (Lipinski definition) is 5. The second kappa shape index (κ2) is 7.94. The normalized spacial score (nSPS) is 12.0. The number of anilines is 1. The standard InChI is InChI=1S/C18H19N3O3S/c1-2-3-7-13(16(22)21-18-19-9-10-25-18)20-17(23)15-11-12-6-4-5-8-14(12)24-15/h4-6,8-11,13H,2-3,7H2,1H3,(H,20,23)(H,19,21,22)/t13-/m1/s1. The van der Waals surface area contributed by atoms with Gasteiger partial charge in [0.05, 0.1) is 0 Å². The number of nitrogens with one attached hydrogen (secondary N) is 2. The van der Waals surface area contributed by atoms with Crippen LogP contribution in [0.5, 0.6) is 0 Å². The van der Waals surface area contributed by atoms with Crippen molar-refractivity contribution in [3.63, 3.8) is 0 Å². The molecule has 6 nitrogen and oxygen atoms in total. The van der Waals surface area contributed by atoms with Gasteiger partial charge >= 0.3 is 0 Å². The summed E-state index contributed by atoms with van der Waals surface area (Å²) < 4.78 is 5.57. The molecule has 3 aromatic rings. The number of thiazole rings is 1. The summed E-state index contributed by atoms with van der Waals surface area (Å²) in [5.41, 5.74) is 0.644. The highest BCUT2D eigenvalue weighted by molar-refractivity contribution is 7.13. The highest BCUT2D eigenvalue weighted by Crippen LogP contribution is 2.19. The number of para-hydroxylation sites is 1. The number of benzene rings is 1. The van der Waals surface area contributed by atoms with Gasteiger partial charge in [0.25, 0.3) is 5.91 Å². The lowest BCUT2D eigenvalue weighted by Gasteiger charge is -2.16. The lowest BCUT2D eigenvalue weighted by atomic mass is 10.1. The van der Waals surface area contributed by atoms with Gasteiger partial charge in [-0.25, -0.2) is 4.98 Å². The quantitative estimate of drug-likeness (QED) is 0.673. The van der Waals surface area contributed by atoms with Crippen LogP contribution in [-0.4, -0.2) is 22.8 Å². The lowest BCUT2D eigenvalue weighted by molar-refractivity contribution is -0.118. The first-order chi connectivity index (χ1) is 12.2. The van der Waals surface area contributed by atoms with E-state index in [-0.39, 0.29) is 11.7 Å². The van der Waals surface area contributed by atoms with Crippen LogP contribution in [0.3, 0.4) is 0 Å². The van der Waals surface area contributed by atoms with Crippen molar-refractivity contribution in [2.75, 3.05) is 5.32 Å². The predicted molar refractivity (Wildman–Crippen MR) is 97.7 cm³/mol. The Morgan fingerprint density at radius 2 is 2.16 bits per heavy atom. The van der Waals surface area contributed by atoms with Gasteiger partial charge in [-0.15, -0.1) is 11.3 Å². The van der Waals surface area contributed by atoms with Gasteiger partial charge in [-0.1, -0.05) is 38.0 Å². The van der Waals surface area contributed by atoms with E-state index in [0.717, 1.165) is 18.2 Å². The monoisotopic (exact) mass is 357 g/mol. The summed E-state index contributed by atoms with van der Waals surface area (Å²) in [6.45, 7) is 2.04. The van der Waals surface area contributed by atoms with Crippen molar-refractivity contribution in [1.82, 2.24) is 10.3 Å². The van der Waals surface area contributed by atoms with Gasteiger partial charge in [0.2, 0.25) is 5.91 Å². The van der Waals surface area contributed by atoms with Crippen LogP contribution in [0, 0.1) is 0 Å². The summed E-state index contributed by atoms with van der Waals surface area (Å²) in [5, 5.41) is 8.66. The molecule has 0 aliphatic carbocycles. The second-order valence-corrected chi connectivity index (χ2v) is 6.54. The topological polar surface area (TPSA) is 84.2 Å². The molecule has 2 aromatic heterocycles. The number of carbonyl (C=O) groups is 2. The molecule has 0 radical (unpaired) electrons. The number of furan rings is 1. The van der Waals surface area contributed by atoms with E-state index in [0.29, 0.717) is 17.1 Å². The Labute approximate surface area is 149 Å². The zero-order valence-electron chi connectivity index (χ0n) is 13.8. The first-order valence-electron chi connectivity index (χ1n) is 8.17. The zero-order valence-corrected chi connectivity index (χ0v) is 14.6. The maximum absolute atomic E-state index is 12.5. The number of aromatic nitrogens is 1. The molecule has 130 valence electrons. The fraction of sp³-hybridized carbons (Fsp3) is 0.278. The molecular formula is C18H19N3O3S. The van der Waals surface area contributed by atoms with E-state index < -0.39 is 11.9 Å². The van der Waals surface area contributed by atoms with Crippen molar-refractivity contribution < 1.29 is 14.0 Å². The van der Waals surface area contributed by atoms with Gasteiger partial charge in [-0.05, 0) is 18.6 Å². The first kappa shape index (κ1) is 17.2. The summed E-state index contributed by atoms with van der Waals surface area (Å²) in [5.74, 6) is -0.468. The molecule has 2 amide bonds. The number of amides is 2. The molecule has 0 saturated carbocycles. The van der Waals surface area contributed by atoms with E-state index in [2.05, 4.69) is 15.6 Å². The molecule has 0 fully saturated rings. The van der Waals surface area contributed by atoms with Gasteiger partial charge in [0.15, 0.2) is 10.9 Å². The van der Waals surface area contributed by atoms with Crippen LogP contribution in [0.25, 0.3) is 11.0 Å². The Bertz CT molecular complexity index is 824. The summed E-state index contributed by atoms with van der Waals surface area (Å²) in [6.07, 6.45) is 3.94. The Morgan fingerprint density at radius 1 is 1.32 bits per heavy atom. The number of fused-ring (bicyclic) bond motifs is 1. The van der Waals surface area contributed by atoms with E-state index in [1.165, 1.54) is 11.3 Å². The Balaban J connectivity index is 1.72. The fourth-order valence-corrected chi connectivity index (χ4v) is 3.01. The summed E-state index contributed by atoms with van der Waals surface area (Å²) in [6, 6.07) is 8.45. The zero-order chi connectivity index (χ0) is 17.6. The molecule has 25 heavy (non-hydrogen) atoms. The van der Waals surface area contributed by atoms with Crippen molar-refractivity contribution in [3.05, 3.63) is 47.7 Å². The van der Waals surface area contributed by atoms with Gasteiger partial charge in [0, 0.05) is 17.0 Å². The third-order valence-corrected chi connectivity index (χ3v) is 4.47. The number of unbranched alkanes of at least 4 members (excludes halogenated alkanes) is 1. The van der Waals surface area contributed by atoms with Crippen LogP contribution in [0.2, 0.25) is 0 Å². The number of carbonyl (C=O) groups excluding carboxylic acids is 2. The Kier molecular flexibility index (Phi) is 5.45. The van der Waals surface area contributed by atoms with Crippen LogP contribution < -0.4 is 10.6 Å². The molecule has 2 N–H and O–H groups in total. The second-order valence-electron chi connectivity index (χ2n) is 5.64. The third kappa shape index (κ3) is 4.24. The predicted octanol–water partition coefficient (Wildman–Crippen LogP) is 3.82. The molecule has 0 saturated heterocycles. The SMILES string of the molecule is CCCC[C@@H](NC(=O)c1cc2ccccc2o1)C(=O)Nc1nccs1. The molecule has 0 unspecified atom stereocenters. The third-order valence-electron chi connectivity index (χ3n) is 3.78. The maximum atomic E-state index is 12.5. The minimum atomic E-state index is -0.635. The molecule has 1 atom stereocenters. The number of hydrogen-bond donors (Lipinski definition) is 2. The maximum Gasteiger partial charge on any atom is 0.287 e. The van der Waals surface area contributed by atoms with Crippen molar-refractivity contribution in [2.45, 2.75) is 32.2 Å². The first-order valence-corrected chi connectivity index (χ1v) is 9.05. The Morgan fingerprint density at radius 3 is 2.88 bits per heavy atom. The molecule has 3 rings (SSSR count). The smallest absolute Gasteiger partial charge is 0.287 e. The van der Waals surface area contributed by atoms with Crippen LogP contribution in [0.4, 0.5) is 5.13 Å². The van der Waals surface area contributed by atoms with Gasteiger partial charge in [0.1, 0.15) is 11.6 Å². The number of nitrogens with zero attached hydrogens (tertiary/aromatic N) is 1. The van der Waals surface area contributed by atoms with Crippen molar-refractivity contribution in [2.24, 2.45) is 0 Å². The Hall–Kier alpha value is -2.67. The van der Waals surface area contributed by atoms with Crippen molar-refractivity contribution in [1.29, 1.82) is 0 Å². The number of rotatable bonds is 7. The lowest BCUT2D eigenvalue weighted by Crippen LogP contribution is -2.43. The van der Waals surface area contributed by atoms with E-state index in [1.807, 2.05) is 25.1 Å². The van der Waals surface area contributed by atoms with E-state index >= 15 is 0 Å². The van der Waals surface area contributed by atoms with Gasteiger partial charge in [-0.2, -0.15) is 0 Å². The van der Waals surface area contributed by atoms with Gasteiger partial charge in [-0.3, -0.25) is 9.59 Å². The minimum Gasteiger partial charge on any atom is -0.451 e. The molecule has 2 heterocycles. The van der Waals surface area contributed by atoms with Crippen LogP contribution in [0.1, 0.15) is 36.7 Å². The van der Waals surface area contributed by atoms with Crippen molar-refractivity contribution in [3.8, 4) is 0 Å². The molecular weight excluding hydrogens is 338 g/mol. The van der Waals surface area contributed by atoms with E-state index in [9.17, 15) is 9.59 Å². The molecule has 0 bridgehead atoms. The van der Waals surface area contributed by atoms with Crippen LogP contribution >= 0.6 is 11.3 Å². The molecule has 0 aliphatic rings. The average Bonchev–Trinajstić information content (AvgIpc) is 3.27. The minimum absolute atomic E-state index is 0.199. The summed E-state index contributed by atoms with van der Waals surface area (Å²) in [4.78, 5) is 29.0. The largest absolute Gasteiger partial charge is 0.451 e. The highest BCUT2D eigenvalue weighted by atomic mass is 32.1. The average molecular weight is 357 g/mol. The molecule has 0 spiro atoms. The fourth-order valence-electron chi connectivity index (χ4n) is 2.48. The summed E-state index contributed by atoms with van der Waals surface area (Å²) >= 11 is 1.34. The van der Waals surface area contributed by atoms with Crippen LogP contribution in [-0.2, 0) is 4.79 Å². The molecule has 1 aromatic carbocycles. The van der Waals surface area contributed by atoms with Gasteiger partial charge < -0.3 is 15.1 Å². The highest BCUT2D eigenvalue weighted by Gasteiger charge is 2.23. The summed E-state index contributed by atoms with van der Waals surface area (Å²) in [7, 11) is 0. The van der Waals surface area contributed by atoms with E-state index in [4.69, 9.17) is 4.42 Å². The molecule has 7 heteroatoms. The molecule has 0 aliphatic heterocycles.